The molecule has 2 aromatic heterocycles. The number of carbonyl (C=O) groups is 2. The van der Waals surface area contributed by atoms with Gasteiger partial charge in [0.2, 0.25) is 11.8 Å². The van der Waals surface area contributed by atoms with Gasteiger partial charge in [-0.3, -0.25) is 24.6 Å². The second-order valence-electron chi connectivity index (χ2n) is 15.6. The Morgan fingerprint density at radius 1 is 0.833 bits per heavy atom. The SMILES string of the molecule is N#Cc1cccc(-c2ccc(=O)n(Cc3cccc(-c4ncc(OCC5CCN(CCN6CCN(c7ccc(NC8CCC(=O)NC8=O)cc7F)CC6)CC5)cn4)c3)n2)c1. The van der Waals surface area contributed by atoms with Crippen LogP contribution in [0.2, 0.25) is 0 Å². The highest BCUT2D eigenvalue weighted by Gasteiger charge is 2.27. The van der Waals surface area contributed by atoms with Crippen molar-refractivity contribution in [1.29, 1.82) is 5.26 Å². The number of piperazine rings is 1. The van der Waals surface area contributed by atoms with E-state index in [1.165, 1.54) is 16.8 Å². The molecule has 3 aliphatic rings. The zero-order chi connectivity index (χ0) is 41.4. The van der Waals surface area contributed by atoms with Gasteiger partial charge >= 0.3 is 0 Å². The Kier molecular flexibility index (Phi) is 12.5. The third-order valence-corrected chi connectivity index (χ3v) is 11.5. The summed E-state index contributed by atoms with van der Waals surface area (Å²) in [7, 11) is 0. The van der Waals surface area contributed by atoms with Crippen LogP contribution >= 0.6 is 0 Å². The second-order valence-corrected chi connectivity index (χ2v) is 15.6. The van der Waals surface area contributed by atoms with Gasteiger partial charge in [0.1, 0.15) is 11.9 Å². The number of hydrogen-bond donors (Lipinski definition) is 2. The number of likely N-dealkylation sites (tertiary alicyclic amines) is 1. The van der Waals surface area contributed by atoms with Crippen LogP contribution in [0.1, 0.15) is 36.8 Å². The van der Waals surface area contributed by atoms with E-state index in [2.05, 4.69) is 46.5 Å². The van der Waals surface area contributed by atoms with Crippen molar-refractivity contribution in [3.05, 3.63) is 119 Å². The summed E-state index contributed by atoms with van der Waals surface area (Å²) >= 11 is 0. The first kappa shape index (κ1) is 40.3. The van der Waals surface area contributed by atoms with Crippen molar-refractivity contribution >= 4 is 23.2 Å². The van der Waals surface area contributed by atoms with Gasteiger partial charge in [-0.2, -0.15) is 10.4 Å². The monoisotopic (exact) mass is 810 g/mol. The van der Waals surface area contributed by atoms with E-state index in [9.17, 15) is 19.6 Å². The molecule has 1 unspecified atom stereocenters. The van der Waals surface area contributed by atoms with Crippen LogP contribution in [0.3, 0.4) is 0 Å². The predicted octanol–water partition coefficient (Wildman–Crippen LogP) is 4.56. The van der Waals surface area contributed by atoms with Crippen LogP contribution in [-0.2, 0) is 16.1 Å². The van der Waals surface area contributed by atoms with Gasteiger partial charge in [-0.25, -0.2) is 19.0 Å². The summed E-state index contributed by atoms with van der Waals surface area (Å²) in [6.45, 7) is 8.09. The van der Waals surface area contributed by atoms with E-state index < -0.39 is 6.04 Å². The number of amides is 2. The Morgan fingerprint density at radius 3 is 2.33 bits per heavy atom. The maximum absolute atomic E-state index is 15.2. The lowest BCUT2D eigenvalue weighted by molar-refractivity contribution is -0.133. The fourth-order valence-electron chi connectivity index (χ4n) is 7.96. The molecule has 1 atom stereocenters. The summed E-state index contributed by atoms with van der Waals surface area (Å²) in [5.74, 6) is 0.658. The molecule has 3 aromatic carbocycles. The van der Waals surface area contributed by atoms with Crippen molar-refractivity contribution in [2.45, 2.75) is 38.3 Å². The van der Waals surface area contributed by atoms with Crippen molar-refractivity contribution in [2.75, 3.05) is 69.2 Å². The van der Waals surface area contributed by atoms with E-state index in [0.717, 1.165) is 81.9 Å². The van der Waals surface area contributed by atoms with Crippen molar-refractivity contribution < 1.29 is 18.7 Å². The van der Waals surface area contributed by atoms with Crippen LogP contribution in [0.15, 0.2) is 96.1 Å². The van der Waals surface area contributed by atoms with Gasteiger partial charge in [0.25, 0.3) is 5.56 Å². The average molecular weight is 811 g/mol. The van der Waals surface area contributed by atoms with Crippen molar-refractivity contribution in [3.63, 3.8) is 0 Å². The molecule has 5 aromatic rings. The van der Waals surface area contributed by atoms with Crippen LogP contribution in [-0.4, -0.2) is 106 Å². The van der Waals surface area contributed by atoms with E-state index in [-0.39, 0.29) is 36.2 Å². The highest BCUT2D eigenvalue weighted by molar-refractivity contribution is 6.01. The summed E-state index contributed by atoms with van der Waals surface area (Å²) in [5, 5.41) is 19.2. The molecule has 3 saturated heterocycles. The number of halogens is 1. The van der Waals surface area contributed by atoms with E-state index in [1.807, 2.05) is 30.3 Å². The predicted molar refractivity (Wildman–Crippen MR) is 225 cm³/mol. The smallest absolute Gasteiger partial charge is 0.267 e. The minimum Gasteiger partial charge on any atom is -0.490 e. The zero-order valence-corrected chi connectivity index (χ0v) is 33.3. The van der Waals surface area contributed by atoms with Crippen LogP contribution in [0.25, 0.3) is 22.6 Å². The molecular weight excluding hydrogens is 764 g/mol. The van der Waals surface area contributed by atoms with Gasteiger partial charge in [0.05, 0.1) is 48.6 Å². The van der Waals surface area contributed by atoms with Gasteiger partial charge in [-0.15, -0.1) is 0 Å². The number of piperidine rings is 2. The molecule has 5 heterocycles. The van der Waals surface area contributed by atoms with Crippen molar-refractivity contribution in [1.82, 2.24) is 34.9 Å². The van der Waals surface area contributed by atoms with E-state index in [0.29, 0.717) is 53.2 Å². The number of aromatic nitrogens is 4. The lowest BCUT2D eigenvalue weighted by Gasteiger charge is -2.38. The molecule has 3 fully saturated rings. The number of ether oxygens (including phenoxy) is 1. The summed E-state index contributed by atoms with van der Waals surface area (Å²) in [6.07, 6.45) is 6.18. The minimum absolute atomic E-state index is 0.223. The van der Waals surface area contributed by atoms with E-state index >= 15 is 4.39 Å². The highest BCUT2D eigenvalue weighted by Crippen LogP contribution is 2.26. The number of rotatable bonds is 13. The molecule has 0 aliphatic carbocycles. The Bertz CT molecular complexity index is 2420. The maximum Gasteiger partial charge on any atom is 0.267 e. The molecule has 8 rings (SSSR count). The maximum atomic E-state index is 15.2. The lowest BCUT2D eigenvalue weighted by atomic mass is 9.98. The van der Waals surface area contributed by atoms with E-state index in [4.69, 9.17) is 4.74 Å². The van der Waals surface area contributed by atoms with Crippen molar-refractivity contribution in [2.24, 2.45) is 5.92 Å². The number of imide groups is 1. The summed E-state index contributed by atoms with van der Waals surface area (Å²) in [6, 6.07) is 24.6. The van der Waals surface area contributed by atoms with Crippen LogP contribution < -0.4 is 25.8 Å². The molecule has 0 bridgehead atoms. The first-order valence-corrected chi connectivity index (χ1v) is 20.5. The second kappa shape index (κ2) is 18.6. The standard InChI is InChI=1S/C45H47FN10O4/c46-38-25-36(50-40-8-11-42(57)51-45(40)59)7-10-41(38)55-21-19-54(20-22-55)18-17-53-15-13-31(14-16-53)30-60-37-27-48-44(49-28-37)35-6-2-4-33(24-35)29-56-43(58)12-9-39(52-56)34-5-1-3-32(23-34)26-47/h1-7,9-10,12,23-25,27-28,31,40,50H,8,11,13-22,29-30H2,(H,51,57,59). The number of nitrogens with one attached hydrogen (secondary N) is 2. The molecule has 2 amide bonds. The van der Waals surface area contributed by atoms with Crippen LogP contribution in [0.5, 0.6) is 5.75 Å². The third kappa shape index (κ3) is 10.0. The number of benzene rings is 3. The molecular formula is C45H47FN10O4. The lowest BCUT2D eigenvalue weighted by Crippen LogP contribution is -2.49. The van der Waals surface area contributed by atoms with Crippen molar-refractivity contribution in [3.8, 4) is 34.5 Å². The molecule has 0 spiro atoms. The third-order valence-electron chi connectivity index (χ3n) is 11.5. The minimum atomic E-state index is -0.549. The largest absolute Gasteiger partial charge is 0.490 e. The van der Waals surface area contributed by atoms with Crippen LogP contribution in [0.4, 0.5) is 15.8 Å². The molecule has 15 heteroatoms. The zero-order valence-electron chi connectivity index (χ0n) is 33.3. The molecule has 2 N–H and O–H groups in total. The average Bonchev–Trinajstić information content (AvgIpc) is 3.27. The normalized spacial score (nSPS) is 17.9. The molecule has 14 nitrogen and oxygen atoms in total. The fraction of sp³-hybridized carbons (Fsp3) is 0.356. The Morgan fingerprint density at radius 2 is 1.58 bits per heavy atom. The summed E-state index contributed by atoms with van der Waals surface area (Å²) < 4.78 is 22.7. The van der Waals surface area contributed by atoms with Gasteiger partial charge in [-0.1, -0.05) is 30.3 Å². The molecule has 60 heavy (non-hydrogen) atoms. The van der Waals surface area contributed by atoms with Gasteiger partial charge < -0.3 is 19.9 Å². The van der Waals surface area contributed by atoms with Gasteiger partial charge in [-0.05, 0) is 86.3 Å². The summed E-state index contributed by atoms with van der Waals surface area (Å²) in [5.41, 5.74) is 4.47. The number of nitriles is 1. The number of nitrogens with zero attached hydrogens (tertiary/aromatic N) is 8. The fourth-order valence-corrected chi connectivity index (χ4v) is 7.96. The molecule has 0 saturated carbocycles. The quantitative estimate of drug-likeness (QED) is 0.160. The molecule has 3 aliphatic heterocycles. The topological polar surface area (TPSA) is 162 Å². The highest BCUT2D eigenvalue weighted by atomic mass is 19.1. The van der Waals surface area contributed by atoms with Crippen LogP contribution in [0, 0.1) is 23.1 Å². The first-order valence-electron chi connectivity index (χ1n) is 20.5. The number of hydrogen-bond acceptors (Lipinski definition) is 12. The molecule has 0 radical (unpaired) electrons. The van der Waals surface area contributed by atoms with Gasteiger partial charge in [0.15, 0.2) is 11.6 Å². The molecule has 308 valence electrons. The van der Waals surface area contributed by atoms with Gasteiger partial charge in [0, 0.05) is 68.6 Å². The number of carbonyl (C=O) groups excluding carboxylic acids is 2. The summed E-state index contributed by atoms with van der Waals surface area (Å²) in [4.78, 5) is 52.4. The Labute approximate surface area is 347 Å². The Balaban J connectivity index is 0.748. The first-order chi connectivity index (χ1) is 29.3. The Hall–Kier alpha value is -6.50. The number of anilines is 2. The van der Waals surface area contributed by atoms with E-state index in [1.54, 1.807) is 48.8 Å².